The third-order valence-electron chi connectivity index (χ3n) is 4.35. The van der Waals surface area contributed by atoms with E-state index in [4.69, 9.17) is 13.7 Å². The molecule has 0 bridgehead atoms. The van der Waals surface area contributed by atoms with Crippen molar-refractivity contribution in [2.24, 2.45) is 0 Å². The smallest absolute Gasteiger partial charge is 0.296 e. The Morgan fingerprint density at radius 3 is 2.07 bits per heavy atom. The molecule has 0 atom stereocenters. The highest BCUT2D eigenvalue weighted by Crippen LogP contribution is 2.32. The first-order chi connectivity index (χ1) is 12.9. The molecule has 0 heterocycles. The maximum Gasteiger partial charge on any atom is 0.296 e. The molecule has 0 aliphatic heterocycles. The van der Waals surface area contributed by atoms with Gasteiger partial charge in [-0.05, 0) is 53.9 Å². The van der Waals surface area contributed by atoms with Crippen LogP contribution in [0.3, 0.4) is 0 Å². The Balaban J connectivity index is 1.72. The Hall–Kier alpha value is -2.57. The van der Waals surface area contributed by atoms with E-state index in [2.05, 4.69) is 0 Å². The maximum absolute atomic E-state index is 12.2. The van der Waals surface area contributed by atoms with Crippen molar-refractivity contribution in [2.45, 2.75) is 18.2 Å². The van der Waals surface area contributed by atoms with Crippen LogP contribution < -0.4 is 9.47 Å². The molecule has 27 heavy (non-hydrogen) atoms. The molecule has 3 aromatic rings. The number of fused-ring (bicyclic) bond motifs is 1. The van der Waals surface area contributed by atoms with Gasteiger partial charge in [0, 0.05) is 0 Å². The van der Waals surface area contributed by atoms with Crippen molar-refractivity contribution in [1.82, 2.24) is 0 Å². The molecule has 142 valence electrons. The standard InChI is InChI=1S/C21H22O5S/c1-15-4-8-19(9-5-15)27(22,23)26-11-10-16-6-7-17-13-20(24-2)21(25-3)14-18(17)12-16/h4-9,12-14H,10-11H2,1-3H3. The van der Waals surface area contributed by atoms with Gasteiger partial charge in [0.15, 0.2) is 11.5 Å². The summed E-state index contributed by atoms with van der Waals surface area (Å²) in [5.41, 5.74) is 1.98. The summed E-state index contributed by atoms with van der Waals surface area (Å²) in [4.78, 5) is 0.170. The molecular weight excluding hydrogens is 364 g/mol. The fraction of sp³-hybridized carbons (Fsp3) is 0.238. The zero-order valence-corrected chi connectivity index (χ0v) is 16.4. The summed E-state index contributed by atoms with van der Waals surface area (Å²) in [6, 6.07) is 16.4. The van der Waals surface area contributed by atoms with Gasteiger partial charge in [-0.3, -0.25) is 4.18 Å². The Morgan fingerprint density at radius 2 is 1.44 bits per heavy atom. The van der Waals surface area contributed by atoms with Gasteiger partial charge in [-0.1, -0.05) is 35.9 Å². The normalized spacial score (nSPS) is 11.5. The molecule has 0 saturated heterocycles. The molecule has 0 fully saturated rings. The third-order valence-corrected chi connectivity index (χ3v) is 5.67. The van der Waals surface area contributed by atoms with Crippen LogP contribution in [0.15, 0.2) is 59.5 Å². The van der Waals surface area contributed by atoms with Crippen molar-refractivity contribution in [2.75, 3.05) is 20.8 Å². The van der Waals surface area contributed by atoms with Crippen molar-refractivity contribution in [3.05, 3.63) is 65.7 Å². The van der Waals surface area contributed by atoms with Gasteiger partial charge in [0.25, 0.3) is 10.1 Å². The molecule has 0 unspecified atom stereocenters. The monoisotopic (exact) mass is 386 g/mol. The summed E-state index contributed by atoms with van der Waals surface area (Å²) >= 11 is 0. The highest BCUT2D eigenvalue weighted by Gasteiger charge is 2.14. The van der Waals surface area contributed by atoms with Gasteiger partial charge in [0.05, 0.1) is 25.7 Å². The molecule has 0 aliphatic rings. The first-order valence-electron chi connectivity index (χ1n) is 8.54. The molecule has 0 spiro atoms. The van der Waals surface area contributed by atoms with Crippen molar-refractivity contribution < 1.29 is 22.1 Å². The van der Waals surface area contributed by atoms with Crippen LogP contribution in [0.2, 0.25) is 0 Å². The van der Waals surface area contributed by atoms with Crippen LogP contribution >= 0.6 is 0 Å². The van der Waals surface area contributed by atoms with E-state index < -0.39 is 10.1 Å². The molecule has 3 aromatic carbocycles. The number of rotatable bonds is 7. The summed E-state index contributed by atoms with van der Waals surface area (Å²) in [5, 5.41) is 2.01. The lowest BCUT2D eigenvalue weighted by atomic mass is 10.0. The predicted octanol–water partition coefficient (Wildman–Crippen LogP) is 4.11. The van der Waals surface area contributed by atoms with Crippen molar-refractivity contribution in [1.29, 1.82) is 0 Å². The van der Waals surface area contributed by atoms with Crippen molar-refractivity contribution in [3.8, 4) is 11.5 Å². The van der Waals surface area contributed by atoms with Crippen LogP contribution in [0.1, 0.15) is 11.1 Å². The number of hydrogen-bond acceptors (Lipinski definition) is 5. The quantitative estimate of drug-likeness (QED) is 0.572. The minimum absolute atomic E-state index is 0.0784. The van der Waals surface area contributed by atoms with Crippen LogP contribution in [-0.2, 0) is 20.7 Å². The average molecular weight is 386 g/mol. The molecular formula is C21H22O5S. The van der Waals surface area contributed by atoms with Crippen LogP contribution in [0.25, 0.3) is 10.8 Å². The Bertz CT molecular complexity index is 1040. The van der Waals surface area contributed by atoms with Crippen LogP contribution in [0.4, 0.5) is 0 Å². The Morgan fingerprint density at radius 1 is 0.815 bits per heavy atom. The molecule has 0 N–H and O–H groups in total. The number of ether oxygens (including phenoxy) is 2. The minimum Gasteiger partial charge on any atom is -0.493 e. The van der Waals surface area contributed by atoms with Gasteiger partial charge in [0.2, 0.25) is 0 Å². The van der Waals surface area contributed by atoms with Gasteiger partial charge in [-0.25, -0.2) is 0 Å². The second kappa shape index (κ2) is 7.98. The molecule has 0 saturated carbocycles. The highest BCUT2D eigenvalue weighted by atomic mass is 32.2. The first kappa shape index (κ1) is 19.2. The molecule has 6 heteroatoms. The lowest BCUT2D eigenvalue weighted by Gasteiger charge is -2.10. The first-order valence-corrected chi connectivity index (χ1v) is 9.94. The average Bonchev–Trinajstić information content (AvgIpc) is 2.67. The van der Waals surface area contributed by atoms with Crippen molar-refractivity contribution in [3.63, 3.8) is 0 Å². The predicted molar refractivity (Wildman–Crippen MR) is 105 cm³/mol. The molecule has 0 aliphatic carbocycles. The number of methoxy groups -OCH3 is 2. The maximum atomic E-state index is 12.2. The summed E-state index contributed by atoms with van der Waals surface area (Å²) in [5.74, 6) is 1.32. The fourth-order valence-corrected chi connectivity index (χ4v) is 3.73. The van der Waals surface area contributed by atoms with Crippen LogP contribution in [-0.4, -0.2) is 29.2 Å². The summed E-state index contributed by atoms with van der Waals surface area (Å²) in [6.45, 7) is 1.98. The van der Waals surface area contributed by atoms with Gasteiger partial charge in [-0.15, -0.1) is 0 Å². The number of benzene rings is 3. The topological polar surface area (TPSA) is 61.8 Å². The van der Waals surface area contributed by atoms with E-state index in [1.165, 1.54) is 0 Å². The third kappa shape index (κ3) is 4.40. The molecule has 0 aromatic heterocycles. The zero-order valence-electron chi connectivity index (χ0n) is 15.6. The van der Waals surface area contributed by atoms with E-state index in [1.54, 1.807) is 38.5 Å². The highest BCUT2D eigenvalue weighted by molar-refractivity contribution is 7.86. The van der Waals surface area contributed by atoms with E-state index in [0.717, 1.165) is 21.9 Å². The molecule has 5 nitrogen and oxygen atoms in total. The Labute approximate surface area is 159 Å². The molecule has 0 radical (unpaired) electrons. The Kier molecular flexibility index (Phi) is 5.68. The van der Waals surface area contributed by atoms with E-state index >= 15 is 0 Å². The van der Waals surface area contributed by atoms with Gasteiger partial charge in [0.1, 0.15) is 0 Å². The summed E-state index contributed by atoms with van der Waals surface area (Å²) in [7, 11) is -0.550. The number of aryl methyl sites for hydroxylation is 1. The van der Waals surface area contributed by atoms with E-state index in [9.17, 15) is 8.42 Å². The minimum atomic E-state index is -3.75. The number of hydrogen-bond donors (Lipinski definition) is 0. The van der Waals surface area contributed by atoms with Crippen LogP contribution in [0.5, 0.6) is 11.5 Å². The van der Waals surface area contributed by atoms with Gasteiger partial charge in [-0.2, -0.15) is 8.42 Å². The van der Waals surface area contributed by atoms with E-state index in [-0.39, 0.29) is 11.5 Å². The van der Waals surface area contributed by atoms with Gasteiger partial charge < -0.3 is 9.47 Å². The van der Waals surface area contributed by atoms with Crippen molar-refractivity contribution >= 4 is 20.9 Å². The zero-order chi connectivity index (χ0) is 19.4. The fourth-order valence-electron chi connectivity index (χ4n) is 2.82. The lowest BCUT2D eigenvalue weighted by Crippen LogP contribution is -2.09. The van der Waals surface area contributed by atoms with E-state index in [0.29, 0.717) is 17.9 Å². The van der Waals surface area contributed by atoms with Crippen LogP contribution in [0, 0.1) is 6.92 Å². The van der Waals surface area contributed by atoms with E-state index in [1.807, 2.05) is 37.3 Å². The molecule has 0 amide bonds. The summed E-state index contributed by atoms with van der Waals surface area (Å²) in [6.07, 6.45) is 0.482. The van der Waals surface area contributed by atoms with Gasteiger partial charge >= 0.3 is 0 Å². The second-order valence-corrected chi connectivity index (χ2v) is 7.84. The largest absolute Gasteiger partial charge is 0.493 e. The molecule has 3 rings (SSSR count). The summed E-state index contributed by atoms with van der Waals surface area (Å²) < 4.78 is 40.3. The SMILES string of the molecule is COc1cc2ccc(CCOS(=O)(=O)c3ccc(C)cc3)cc2cc1OC. The second-order valence-electron chi connectivity index (χ2n) is 6.23. The lowest BCUT2D eigenvalue weighted by molar-refractivity contribution is 0.322.